The Hall–Kier alpha value is -2.76. The van der Waals surface area contributed by atoms with Crippen LogP contribution in [0.3, 0.4) is 0 Å². The number of benzene rings is 2. The summed E-state index contributed by atoms with van der Waals surface area (Å²) in [5.74, 6) is 0.662. The number of hydrogen-bond acceptors (Lipinski definition) is 3. The summed E-state index contributed by atoms with van der Waals surface area (Å²) < 4.78 is 48.1. The number of rotatable bonds is 2. The molecule has 23 heavy (non-hydrogen) atoms. The first kappa shape index (κ1) is 15.1. The molecule has 6 heteroatoms. The van der Waals surface area contributed by atoms with Gasteiger partial charge in [0.2, 0.25) is 5.78 Å². The highest BCUT2D eigenvalue weighted by Gasteiger charge is 2.30. The van der Waals surface area contributed by atoms with Crippen LogP contribution in [0.4, 0.5) is 13.2 Å². The Balaban J connectivity index is 1.88. The first-order valence-electron chi connectivity index (χ1n) is 6.68. The highest BCUT2D eigenvalue weighted by molar-refractivity contribution is 6.14. The number of Topliss-reactive ketones (excluding diaryl/α,β-unsaturated/α-hetero) is 1. The molecular formula is C17H11F3O3. The number of hydrogen-bond donors (Lipinski definition) is 0. The van der Waals surface area contributed by atoms with Crippen LogP contribution in [0.2, 0.25) is 0 Å². The van der Waals surface area contributed by atoms with Gasteiger partial charge in [0.05, 0.1) is 18.2 Å². The van der Waals surface area contributed by atoms with Crippen LogP contribution in [-0.2, 0) is 6.18 Å². The number of methoxy groups -OCH3 is 1. The predicted molar refractivity (Wildman–Crippen MR) is 77.4 cm³/mol. The Bertz CT molecular complexity index is 790. The third kappa shape index (κ3) is 2.92. The minimum absolute atomic E-state index is 0.0630. The van der Waals surface area contributed by atoms with Gasteiger partial charge in [0.15, 0.2) is 5.76 Å². The van der Waals surface area contributed by atoms with Crippen molar-refractivity contribution in [1.29, 1.82) is 0 Å². The molecule has 0 fully saturated rings. The van der Waals surface area contributed by atoms with Crippen molar-refractivity contribution in [3.8, 4) is 11.5 Å². The number of halogens is 3. The Morgan fingerprint density at radius 3 is 2.39 bits per heavy atom. The van der Waals surface area contributed by atoms with E-state index in [0.29, 0.717) is 22.6 Å². The van der Waals surface area contributed by atoms with Gasteiger partial charge in [-0.15, -0.1) is 0 Å². The highest BCUT2D eigenvalue weighted by Crippen LogP contribution is 2.35. The maximum atomic E-state index is 12.5. The van der Waals surface area contributed by atoms with Crippen LogP contribution in [-0.4, -0.2) is 12.9 Å². The minimum Gasteiger partial charge on any atom is -0.497 e. The number of fused-ring (bicyclic) bond motifs is 1. The second-order valence-electron chi connectivity index (χ2n) is 4.92. The average molecular weight is 320 g/mol. The summed E-state index contributed by atoms with van der Waals surface area (Å²) in [6.07, 6.45) is -2.98. The molecule has 0 saturated carbocycles. The summed E-state index contributed by atoms with van der Waals surface area (Å²) in [7, 11) is 1.50. The molecule has 0 unspecified atom stereocenters. The van der Waals surface area contributed by atoms with Crippen molar-refractivity contribution in [3.63, 3.8) is 0 Å². The average Bonchev–Trinajstić information content (AvgIpc) is 2.82. The van der Waals surface area contributed by atoms with E-state index in [2.05, 4.69) is 0 Å². The molecule has 2 aromatic carbocycles. The van der Waals surface area contributed by atoms with E-state index in [0.717, 1.165) is 12.1 Å². The second kappa shape index (κ2) is 5.46. The fraction of sp³-hybridized carbons (Fsp3) is 0.118. The molecule has 0 amide bonds. The van der Waals surface area contributed by atoms with Crippen LogP contribution in [0.15, 0.2) is 48.2 Å². The lowest BCUT2D eigenvalue weighted by Crippen LogP contribution is -2.04. The number of ketones is 1. The fourth-order valence-electron chi connectivity index (χ4n) is 2.21. The molecule has 0 radical (unpaired) electrons. The smallest absolute Gasteiger partial charge is 0.416 e. The van der Waals surface area contributed by atoms with Gasteiger partial charge in [0, 0.05) is 6.07 Å². The van der Waals surface area contributed by atoms with E-state index < -0.39 is 11.7 Å². The standard InChI is InChI=1S/C17H11F3O3/c1-22-12-6-7-13-14(9-12)23-15(16(13)21)8-10-2-4-11(5-3-10)17(18,19)20/h2-9H,1H3/b15-8-. The second-order valence-corrected chi connectivity index (χ2v) is 4.92. The lowest BCUT2D eigenvalue weighted by Gasteiger charge is -2.06. The van der Waals surface area contributed by atoms with Crippen molar-refractivity contribution in [2.24, 2.45) is 0 Å². The number of allylic oxidation sites excluding steroid dienone is 1. The molecule has 1 heterocycles. The zero-order chi connectivity index (χ0) is 16.6. The van der Waals surface area contributed by atoms with Gasteiger partial charge in [0.1, 0.15) is 11.5 Å². The molecule has 3 rings (SSSR count). The molecule has 0 saturated heterocycles. The quantitative estimate of drug-likeness (QED) is 0.773. The summed E-state index contributed by atoms with van der Waals surface area (Å²) >= 11 is 0. The van der Waals surface area contributed by atoms with E-state index in [1.54, 1.807) is 18.2 Å². The molecule has 0 atom stereocenters. The zero-order valence-corrected chi connectivity index (χ0v) is 12.0. The van der Waals surface area contributed by atoms with Crippen molar-refractivity contribution in [2.75, 3.05) is 7.11 Å². The molecule has 3 nitrogen and oxygen atoms in total. The van der Waals surface area contributed by atoms with Crippen molar-refractivity contribution >= 4 is 11.9 Å². The van der Waals surface area contributed by atoms with Gasteiger partial charge in [-0.1, -0.05) is 12.1 Å². The third-order valence-electron chi connectivity index (χ3n) is 3.41. The van der Waals surface area contributed by atoms with Crippen LogP contribution < -0.4 is 9.47 Å². The Morgan fingerprint density at radius 2 is 1.78 bits per heavy atom. The van der Waals surface area contributed by atoms with Gasteiger partial charge in [0.25, 0.3) is 0 Å². The van der Waals surface area contributed by atoms with Gasteiger partial charge in [-0.3, -0.25) is 4.79 Å². The number of ether oxygens (including phenoxy) is 2. The third-order valence-corrected chi connectivity index (χ3v) is 3.41. The SMILES string of the molecule is COc1ccc2c(c1)O/C(=C\c1ccc(C(F)(F)F)cc1)C2=O. The molecule has 0 aliphatic carbocycles. The van der Waals surface area contributed by atoms with Gasteiger partial charge in [-0.2, -0.15) is 13.2 Å². The predicted octanol–water partition coefficient (Wildman–Crippen LogP) is 4.33. The van der Waals surface area contributed by atoms with Gasteiger partial charge in [-0.25, -0.2) is 0 Å². The van der Waals surface area contributed by atoms with Crippen LogP contribution in [0.1, 0.15) is 21.5 Å². The minimum atomic E-state index is -4.39. The molecule has 2 aromatic rings. The van der Waals surface area contributed by atoms with E-state index in [1.807, 2.05) is 0 Å². The highest BCUT2D eigenvalue weighted by atomic mass is 19.4. The first-order valence-corrected chi connectivity index (χ1v) is 6.68. The molecule has 118 valence electrons. The number of carbonyl (C=O) groups excluding carboxylic acids is 1. The van der Waals surface area contributed by atoms with E-state index in [9.17, 15) is 18.0 Å². The number of alkyl halides is 3. The van der Waals surface area contributed by atoms with E-state index in [1.165, 1.54) is 25.3 Å². The molecule has 0 bridgehead atoms. The Kier molecular flexibility index (Phi) is 3.60. The van der Waals surface area contributed by atoms with Crippen LogP contribution in [0, 0.1) is 0 Å². The largest absolute Gasteiger partial charge is 0.497 e. The van der Waals surface area contributed by atoms with E-state index in [4.69, 9.17) is 9.47 Å². The summed E-state index contributed by atoms with van der Waals surface area (Å²) in [5, 5.41) is 0. The van der Waals surface area contributed by atoms with Crippen molar-refractivity contribution in [2.45, 2.75) is 6.18 Å². The van der Waals surface area contributed by atoms with Gasteiger partial charge >= 0.3 is 6.18 Å². The topological polar surface area (TPSA) is 35.5 Å². The maximum Gasteiger partial charge on any atom is 0.416 e. The van der Waals surface area contributed by atoms with E-state index in [-0.39, 0.29) is 11.5 Å². The molecule has 1 aliphatic rings. The molecular weight excluding hydrogens is 309 g/mol. The summed E-state index contributed by atoms with van der Waals surface area (Å²) in [4.78, 5) is 12.2. The number of carbonyl (C=O) groups is 1. The summed E-state index contributed by atoms with van der Waals surface area (Å²) in [6.45, 7) is 0. The Labute approximate surface area is 130 Å². The monoisotopic (exact) mass is 320 g/mol. The molecule has 0 aromatic heterocycles. The van der Waals surface area contributed by atoms with Gasteiger partial charge < -0.3 is 9.47 Å². The van der Waals surface area contributed by atoms with Crippen LogP contribution >= 0.6 is 0 Å². The molecule has 0 spiro atoms. The Morgan fingerprint density at radius 1 is 1.09 bits per heavy atom. The van der Waals surface area contributed by atoms with Gasteiger partial charge in [-0.05, 0) is 35.9 Å². The van der Waals surface area contributed by atoms with E-state index >= 15 is 0 Å². The van der Waals surface area contributed by atoms with Crippen LogP contribution in [0.25, 0.3) is 6.08 Å². The fourth-order valence-corrected chi connectivity index (χ4v) is 2.21. The molecule has 1 aliphatic heterocycles. The van der Waals surface area contributed by atoms with Crippen molar-refractivity contribution in [3.05, 3.63) is 64.9 Å². The van der Waals surface area contributed by atoms with Crippen LogP contribution in [0.5, 0.6) is 11.5 Å². The zero-order valence-electron chi connectivity index (χ0n) is 12.0. The first-order chi connectivity index (χ1) is 10.9. The summed E-state index contributed by atoms with van der Waals surface area (Å²) in [5.41, 5.74) is 0.0939. The lowest BCUT2D eigenvalue weighted by atomic mass is 10.1. The normalized spacial score (nSPS) is 15.5. The van der Waals surface area contributed by atoms with Crippen molar-refractivity contribution < 1.29 is 27.4 Å². The van der Waals surface area contributed by atoms with Crippen molar-refractivity contribution in [1.82, 2.24) is 0 Å². The lowest BCUT2D eigenvalue weighted by molar-refractivity contribution is -0.137. The summed E-state index contributed by atoms with van der Waals surface area (Å²) in [6, 6.07) is 9.31. The maximum absolute atomic E-state index is 12.5. The molecule has 0 N–H and O–H groups in total.